The molecule has 0 bridgehead atoms. The van der Waals surface area contributed by atoms with Crippen molar-refractivity contribution in [2.24, 2.45) is 5.92 Å². The van der Waals surface area contributed by atoms with Crippen LogP contribution in [0.4, 0.5) is 10.7 Å². The van der Waals surface area contributed by atoms with Crippen LogP contribution in [0.3, 0.4) is 0 Å². The van der Waals surface area contributed by atoms with Crippen molar-refractivity contribution < 1.29 is 14.4 Å². The first-order chi connectivity index (χ1) is 17.0. The van der Waals surface area contributed by atoms with Crippen molar-refractivity contribution in [2.45, 2.75) is 44.8 Å². The Bertz CT molecular complexity index is 1380. The molecule has 3 atom stereocenters. The first kappa shape index (κ1) is 22.3. The monoisotopic (exact) mass is 503 g/mol. The molecule has 176 valence electrons. The maximum absolute atomic E-state index is 13.9. The summed E-state index contributed by atoms with van der Waals surface area (Å²) in [6.07, 6.45) is 2.80. The van der Waals surface area contributed by atoms with E-state index >= 15 is 0 Å². The summed E-state index contributed by atoms with van der Waals surface area (Å²) in [5.74, 6) is -1.47. The number of nitrogens with zero attached hydrogens (tertiary/aromatic N) is 3. The summed E-state index contributed by atoms with van der Waals surface area (Å²) in [5, 5.41) is 12.6. The first-order valence-electron chi connectivity index (χ1n) is 11.7. The highest BCUT2D eigenvalue weighted by Crippen LogP contribution is 2.50. The summed E-state index contributed by atoms with van der Waals surface area (Å²) >= 11 is 7.50. The number of hydroxylamine groups is 1. The molecule has 6 rings (SSSR count). The summed E-state index contributed by atoms with van der Waals surface area (Å²) < 4.78 is 0. The molecule has 8 heteroatoms. The standard InChI is InChI=1S/C27H22ClN3O3S/c1-15-6-8-16(9-7-15)23-22-24(34-31(23)18-12-10-17(28)11-13-18)26(33)30(25(22)32)27-20(14-29)19-4-2-3-5-21(19)35-27/h6-13,22-24H,2-5H2,1H3/t22-,23+,24+/m0/s1. The Kier molecular flexibility index (Phi) is 5.41. The molecule has 0 spiro atoms. The lowest BCUT2D eigenvalue weighted by atomic mass is 9.90. The van der Waals surface area contributed by atoms with Crippen molar-refractivity contribution in [1.82, 2.24) is 0 Å². The molecule has 0 unspecified atom stereocenters. The van der Waals surface area contributed by atoms with Gasteiger partial charge in [-0.15, -0.1) is 11.3 Å². The van der Waals surface area contributed by atoms with Gasteiger partial charge in [0.25, 0.3) is 5.91 Å². The number of imide groups is 1. The Morgan fingerprint density at radius 2 is 1.74 bits per heavy atom. The second-order valence-corrected chi connectivity index (χ2v) is 10.7. The molecule has 35 heavy (non-hydrogen) atoms. The fourth-order valence-electron chi connectivity index (χ4n) is 5.35. The average molecular weight is 504 g/mol. The number of carbonyl (C=O) groups excluding carboxylic acids is 2. The number of hydrogen-bond donors (Lipinski definition) is 0. The quantitative estimate of drug-likeness (QED) is 0.440. The van der Waals surface area contributed by atoms with Gasteiger partial charge in [0, 0.05) is 9.90 Å². The Morgan fingerprint density at radius 1 is 1.03 bits per heavy atom. The lowest BCUT2D eigenvalue weighted by Gasteiger charge is -2.28. The molecule has 2 fully saturated rings. The molecule has 0 saturated carbocycles. The Morgan fingerprint density at radius 3 is 2.46 bits per heavy atom. The summed E-state index contributed by atoms with van der Waals surface area (Å²) in [6, 6.07) is 16.8. The number of hydrogen-bond acceptors (Lipinski definition) is 6. The van der Waals surface area contributed by atoms with Crippen LogP contribution in [0.2, 0.25) is 5.02 Å². The molecule has 2 aromatic carbocycles. The van der Waals surface area contributed by atoms with E-state index in [1.807, 2.05) is 43.3 Å². The van der Waals surface area contributed by atoms with Gasteiger partial charge in [0.1, 0.15) is 17.0 Å². The number of thiophene rings is 1. The van der Waals surface area contributed by atoms with Crippen LogP contribution in [0, 0.1) is 24.2 Å². The Hall–Kier alpha value is -3.18. The second kappa shape index (κ2) is 8.49. The molecule has 3 aromatic rings. The number of rotatable bonds is 3. The normalized spacial score (nSPS) is 23.4. The van der Waals surface area contributed by atoms with Crippen LogP contribution in [0.1, 0.15) is 46.0 Å². The summed E-state index contributed by atoms with van der Waals surface area (Å²) in [6.45, 7) is 2.00. The van der Waals surface area contributed by atoms with Gasteiger partial charge in [0.2, 0.25) is 5.91 Å². The van der Waals surface area contributed by atoms with Crippen LogP contribution < -0.4 is 9.96 Å². The van der Waals surface area contributed by atoms with Crippen molar-refractivity contribution in [1.29, 1.82) is 5.26 Å². The zero-order chi connectivity index (χ0) is 24.3. The van der Waals surface area contributed by atoms with Crippen molar-refractivity contribution in [2.75, 3.05) is 9.96 Å². The third-order valence-electron chi connectivity index (χ3n) is 7.08. The number of fused-ring (bicyclic) bond motifs is 2. The highest BCUT2D eigenvalue weighted by Gasteiger charge is 2.61. The molecule has 2 saturated heterocycles. The maximum Gasteiger partial charge on any atom is 0.267 e. The van der Waals surface area contributed by atoms with Gasteiger partial charge >= 0.3 is 0 Å². The molecular formula is C27H22ClN3O3S. The van der Waals surface area contributed by atoms with Gasteiger partial charge in [-0.3, -0.25) is 14.4 Å². The van der Waals surface area contributed by atoms with E-state index in [2.05, 4.69) is 6.07 Å². The largest absolute Gasteiger partial charge is 0.273 e. The van der Waals surface area contributed by atoms with Crippen LogP contribution in [-0.2, 0) is 27.3 Å². The molecule has 2 aliphatic heterocycles. The number of halogens is 1. The topological polar surface area (TPSA) is 73.6 Å². The molecule has 3 aliphatic rings. The van der Waals surface area contributed by atoms with Gasteiger partial charge in [-0.2, -0.15) is 5.26 Å². The van der Waals surface area contributed by atoms with Crippen molar-refractivity contribution in [3.8, 4) is 6.07 Å². The van der Waals surface area contributed by atoms with Crippen LogP contribution in [-0.4, -0.2) is 17.9 Å². The van der Waals surface area contributed by atoms with Gasteiger partial charge in [-0.05, 0) is 68.0 Å². The smallest absolute Gasteiger partial charge is 0.267 e. The highest BCUT2D eigenvalue weighted by atomic mass is 35.5. The molecular weight excluding hydrogens is 482 g/mol. The Labute approximate surface area is 212 Å². The zero-order valence-electron chi connectivity index (χ0n) is 19.0. The van der Waals surface area contributed by atoms with Crippen molar-refractivity contribution >= 4 is 45.4 Å². The second-order valence-electron chi connectivity index (χ2n) is 9.22. The molecule has 2 amide bonds. The minimum Gasteiger partial charge on any atom is -0.273 e. The summed E-state index contributed by atoms with van der Waals surface area (Å²) in [7, 11) is 0. The lowest BCUT2D eigenvalue weighted by molar-refractivity contribution is -0.126. The predicted octanol–water partition coefficient (Wildman–Crippen LogP) is 5.51. The third-order valence-corrected chi connectivity index (χ3v) is 8.61. The number of anilines is 2. The van der Waals surface area contributed by atoms with Crippen LogP contribution in [0.5, 0.6) is 0 Å². The first-order valence-corrected chi connectivity index (χ1v) is 12.9. The van der Waals surface area contributed by atoms with E-state index in [0.29, 0.717) is 21.3 Å². The summed E-state index contributed by atoms with van der Waals surface area (Å²) in [4.78, 5) is 36.2. The molecule has 0 N–H and O–H groups in total. The van der Waals surface area contributed by atoms with Crippen molar-refractivity contribution in [3.05, 3.63) is 80.7 Å². The van der Waals surface area contributed by atoms with Crippen LogP contribution >= 0.6 is 22.9 Å². The molecule has 1 aliphatic carbocycles. The number of carbonyl (C=O) groups is 2. The van der Waals surface area contributed by atoms with E-state index < -0.39 is 24.0 Å². The van der Waals surface area contributed by atoms with Gasteiger partial charge in [0.05, 0.1) is 17.3 Å². The number of aryl methyl sites for hydroxylation is 2. The number of amides is 2. The number of benzene rings is 2. The van der Waals surface area contributed by atoms with E-state index in [0.717, 1.165) is 47.3 Å². The highest BCUT2D eigenvalue weighted by molar-refractivity contribution is 7.17. The minimum atomic E-state index is -0.963. The van der Waals surface area contributed by atoms with E-state index in [4.69, 9.17) is 16.4 Å². The lowest BCUT2D eigenvalue weighted by Crippen LogP contribution is -2.37. The zero-order valence-corrected chi connectivity index (χ0v) is 20.6. The van der Waals surface area contributed by atoms with Crippen LogP contribution in [0.15, 0.2) is 48.5 Å². The van der Waals surface area contributed by atoms with Crippen LogP contribution in [0.25, 0.3) is 0 Å². The molecule has 3 heterocycles. The van der Waals surface area contributed by atoms with Gasteiger partial charge < -0.3 is 0 Å². The van der Waals surface area contributed by atoms with E-state index in [1.165, 1.54) is 16.2 Å². The van der Waals surface area contributed by atoms with E-state index in [1.54, 1.807) is 17.2 Å². The fourth-order valence-corrected chi connectivity index (χ4v) is 6.83. The van der Waals surface area contributed by atoms with Gasteiger partial charge in [-0.1, -0.05) is 41.4 Å². The van der Waals surface area contributed by atoms with Crippen molar-refractivity contribution in [3.63, 3.8) is 0 Å². The average Bonchev–Trinajstić information content (AvgIpc) is 3.50. The molecule has 6 nitrogen and oxygen atoms in total. The SMILES string of the molecule is Cc1ccc([C@@H]2[C@@H]3C(=O)N(c4sc5c(c4C#N)CCCC5)C(=O)[C@@H]3ON2c2ccc(Cl)cc2)cc1. The fraction of sp³-hybridized carbons (Fsp3) is 0.296. The van der Waals surface area contributed by atoms with Gasteiger partial charge in [0.15, 0.2) is 6.10 Å². The summed E-state index contributed by atoms with van der Waals surface area (Å²) in [5.41, 5.74) is 4.15. The van der Waals surface area contributed by atoms with E-state index in [-0.39, 0.29) is 5.91 Å². The van der Waals surface area contributed by atoms with E-state index in [9.17, 15) is 14.9 Å². The Balaban J connectivity index is 1.44. The number of nitriles is 1. The minimum absolute atomic E-state index is 0.322. The van der Waals surface area contributed by atoms with Gasteiger partial charge in [-0.25, -0.2) is 9.96 Å². The maximum atomic E-state index is 13.9. The molecule has 1 aromatic heterocycles. The third kappa shape index (κ3) is 3.48. The molecule has 0 radical (unpaired) electrons. The predicted molar refractivity (Wildman–Crippen MR) is 134 cm³/mol.